The number of carbonyl (C=O) groups excluding carboxylic acids is 1. The predicted octanol–water partition coefficient (Wildman–Crippen LogP) is 2.01. The summed E-state index contributed by atoms with van der Waals surface area (Å²) in [6, 6.07) is 0. The summed E-state index contributed by atoms with van der Waals surface area (Å²) in [5, 5.41) is 8.74. The third-order valence-corrected chi connectivity index (χ3v) is 2.09. The van der Waals surface area contributed by atoms with E-state index < -0.39 is 0 Å². The van der Waals surface area contributed by atoms with E-state index in [1.54, 1.807) is 0 Å². The molecular formula is C10H20O2. The van der Waals surface area contributed by atoms with E-state index in [4.69, 9.17) is 5.11 Å². The molecule has 0 aliphatic heterocycles. The Hall–Kier alpha value is -0.370. The molecule has 2 nitrogen and oxygen atoms in total. The van der Waals surface area contributed by atoms with E-state index in [1.807, 2.05) is 27.7 Å². The topological polar surface area (TPSA) is 37.3 Å². The van der Waals surface area contributed by atoms with Gasteiger partial charge in [-0.15, -0.1) is 0 Å². The van der Waals surface area contributed by atoms with Gasteiger partial charge in [0.25, 0.3) is 0 Å². The molecule has 2 heteroatoms. The molecule has 0 atom stereocenters. The molecule has 0 aliphatic carbocycles. The van der Waals surface area contributed by atoms with Gasteiger partial charge >= 0.3 is 0 Å². The molecule has 0 unspecified atom stereocenters. The molecule has 0 aromatic carbocycles. The van der Waals surface area contributed by atoms with E-state index >= 15 is 0 Å². The van der Waals surface area contributed by atoms with Crippen LogP contribution in [0.4, 0.5) is 0 Å². The zero-order valence-corrected chi connectivity index (χ0v) is 8.55. The van der Waals surface area contributed by atoms with Crippen molar-refractivity contribution in [3.63, 3.8) is 0 Å². The smallest absolute Gasteiger partial charge is 0.135 e. The highest BCUT2D eigenvalue weighted by molar-refractivity contribution is 5.80. The van der Waals surface area contributed by atoms with Crippen LogP contribution in [-0.4, -0.2) is 17.5 Å². The van der Waals surface area contributed by atoms with Crippen LogP contribution < -0.4 is 0 Å². The summed E-state index contributed by atoms with van der Waals surface area (Å²) in [5.74, 6) is 0.399. The van der Waals surface area contributed by atoms with Crippen molar-refractivity contribution >= 4 is 5.78 Å². The first kappa shape index (κ1) is 11.6. The van der Waals surface area contributed by atoms with Gasteiger partial charge in [0.1, 0.15) is 5.78 Å². The minimum atomic E-state index is -0.0455. The molecule has 0 saturated carbocycles. The predicted molar refractivity (Wildman–Crippen MR) is 49.9 cm³/mol. The molecule has 0 amide bonds. The van der Waals surface area contributed by atoms with Gasteiger partial charge in [0.05, 0.1) is 0 Å². The molecule has 0 aromatic heterocycles. The summed E-state index contributed by atoms with van der Waals surface area (Å²) in [6.45, 7) is 8.03. The van der Waals surface area contributed by atoms with Gasteiger partial charge < -0.3 is 5.11 Å². The standard InChI is InChI=1S/C10H20O2/c1-8(2)9(12)7-10(3,4)5-6-11/h8,11H,5-7H2,1-4H3. The fraction of sp³-hybridized carbons (Fsp3) is 0.900. The quantitative estimate of drug-likeness (QED) is 0.688. The highest BCUT2D eigenvalue weighted by atomic mass is 16.3. The summed E-state index contributed by atoms with van der Waals surface area (Å²) in [6.07, 6.45) is 1.27. The fourth-order valence-electron chi connectivity index (χ4n) is 1.07. The molecule has 0 bridgehead atoms. The molecule has 0 rings (SSSR count). The molecule has 12 heavy (non-hydrogen) atoms. The normalized spacial score (nSPS) is 12.2. The van der Waals surface area contributed by atoms with E-state index in [9.17, 15) is 4.79 Å². The lowest BCUT2D eigenvalue weighted by Crippen LogP contribution is -2.21. The van der Waals surface area contributed by atoms with Gasteiger partial charge in [-0.25, -0.2) is 0 Å². The van der Waals surface area contributed by atoms with Crippen LogP contribution >= 0.6 is 0 Å². The maximum Gasteiger partial charge on any atom is 0.135 e. The Balaban J connectivity index is 3.96. The lowest BCUT2D eigenvalue weighted by molar-refractivity contribution is -0.124. The fourth-order valence-corrected chi connectivity index (χ4v) is 1.07. The number of aliphatic hydroxyl groups excluding tert-OH is 1. The summed E-state index contributed by atoms with van der Waals surface area (Å²) < 4.78 is 0. The Labute approximate surface area is 75.0 Å². The second kappa shape index (κ2) is 4.61. The molecule has 72 valence electrons. The molecule has 1 N–H and O–H groups in total. The van der Waals surface area contributed by atoms with Crippen LogP contribution in [0.25, 0.3) is 0 Å². The summed E-state index contributed by atoms with van der Waals surface area (Å²) in [4.78, 5) is 11.4. The zero-order valence-electron chi connectivity index (χ0n) is 8.55. The van der Waals surface area contributed by atoms with Crippen LogP contribution in [0.2, 0.25) is 0 Å². The molecule has 0 aromatic rings. The summed E-state index contributed by atoms with van der Waals surface area (Å²) >= 11 is 0. The highest BCUT2D eigenvalue weighted by Gasteiger charge is 2.22. The van der Waals surface area contributed by atoms with Crippen molar-refractivity contribution < 1.29 is 9.90 Å². The van der Waals surface area contributed by atoms with Crippen molar-refractivity contribution in [3.05, 3.63) is 0 Å². The van der Waals surface area contributed by atoms with Gasteiger partial charge in [-0.1, -0.05) is 27.7 Å². The third kappa shape index (κ3) is 4.50. The van der Waals surface area contributed by atoms with E-state index in [1.165, 1.54) is 0 Å². The van der Waals surface area contributed by atoms with E-state index in [-0.39, 0.29) is 23.7 Å². The first-order chi connectivity index (χ1) is 5.39. The van der Waals surface area contributed by atoms with Crippen molar-refractivity contribution in [2.24, 2.45) is 11.3 Å². The number of hydrogen-bond donors (Lipinski definition) is 1. The molecule has 0 fully saturated rings. The van der Waals surface area contributed by atoms with E-state index in [2.05, 4.69) is 0 Å². The molecule has 0 heterocycles. The van der Waals surface area contributed by atoms with Gasteiger partial charge in [-0.05, 0) is 11.8 Å². The SMILES string of the molecule is CC(C)C(=O)CC(C)(C)CCO. The van der Waals surface area contributed by atoms with Crippen LogP contribution in [0.1, 0.15) is 40.5 Å². The summed E-state index contributed by atoms with van der Waals surface area (Å²) in [5.41, 5.74) is -0.0455. The lowest BCUT2D eigenvalue weighted by Gasteiger charge is -2.23. The average molecular weight is 172 g/mol. The molecule has 0 aliphatic rings. The minimum Gasteiger partial charge on any atom is -0.396 e. The maximum atomic E-state index is 11.4. The van der Waals surface area contributed by atoms with Crippen LogP contribution in [0.15, 0.2) is 0 Å². The molecule has 0 spiro atoms. The van der Waals surface area contributed by atoms with Crippen LogP contribution in [-0.2, 0) is 4.79 Å². The minimum absolute atomic E-state index is 0.0455. The first-order valence-electron chi connectivity index (χ1n) is 4.52. The second-order valence-electron chi connectivity index (χ2n) is 4.44. The van der Waals surface area contributed by atoms with Crippen LogP contribution in [0, 0.1) is 11.3 Å². The van der Waals surface area contributed by atoms with E-state index in [0.717, 1.165) is 0 Å². The van der Waals surface area contributed by atoms with Crippen molar-refractivity contribution in [2.45, 2.75) is 40.5 Å². The third-order valence-electron chi connectivity index (χ3n) is 2.09. The number of carbonyl (C=O) groups is 1. The molecule has 0 saturated heterocycles. The number of Topliss-reactive ketones (excluding diaryl/α,β-unsaturated/α-hetero) is 1. The maximum absolute atomic E-state index is 11.4. The summed E-state index contributed by atoms with van der Waals surface area (Å²) in [7, 11) is 0. The number of ketones is 1. The van der Waals surface area contributed by atoms with Gasteiger partial charge in [-0.2, -0.15) is 0 Å². The van der Waals surface area contributed by atoms with Gasteiger partial charge in [-0.3, -0.25) is 4.79 Å². The monoisotopic (exact) mass is 172 g/mol. The van der Waals surface area contributed by atoms with Crippen LogP contribution in [0.5, 0.6) is 0 Å². The number of hydrogen-bond acceptors (Lipinski definition) is 2. The Morgan fingerprint density at radius 1 is 1.42 bits per heavy atom. The second-order valence-corrected chi connectivity index (χ2v) is 4.44. The number of aliphatic hydroxyl groups is 1. The van der Waals surface area contributed by atoms with Crippen molar-refractivity contribution in [2.75, 3.05) is 6.61 Å². The van der Waals surface area contributed by atoms with Crippen LogP contribution in [0.3, 0.4) is 0 Å². The van der Waals surface area contributed by atoms with Crippen molar-refractivity contribution in [1.82, 2.24) is 0 Å². The Kier molecular flexibility index (Phi) is 4.46. The molecule has 0 radical (unpaired) electrons. The van der Waals surface area contributed by atoms with Crippen molar-refractivity contribution in [3.8, 4) is 0 Å². The Bertz CT molecular complexity index is 148. The largest absolute Gasteiger partial charge is 0.396 e. The van der Waals surface area contributed by atoms with Gasteiger partial charge in [0, 0.05) is 18.9 Å². The van der Waals surface area contributed by atoms with E-state index in [0.29, 0.717) is 12.8 Å². The lowest BCUT2D eigenvalue weighted by atomic mass is 9.82. The van der Waals surface area contributed by atoms with Gasteiger partial charge in [0.2, 0.25) is 0 Å². The highest BCUT2D eigenvalue weighted by Crippen LogP contribution is 2.26. The average Bonchev–Trinajstić information content (AvgIpc) is 1.85. The molecular weight excluding hydrogens is 152 g/mol. The Morgan fingerprint density at radius 2 is 1.92 bits per heavy atom. The number of rotatable bonds is 5. The van der Waals surface area contributed by atoms with Gasteiger partial charge in [0.15, 0.2) is 0 Å². The van der Waals surface area contributed by atoms with Crippen molar-refractivity contribution in [1.29, 1.82) is 0 Å². The first-order valence-corrected chi connectivity index (χ1v) is 4.52. The Morgan fingerprint density at radius 3 is 2.25 bits per heavy atom. The zero-order chi connectivity index (χ0) is 9.78.